The minimum absolute atomic E-state index is 0.0164. The van der Waals surface area contributed by atoms with E-state index in [0.29, 0.717) is 22.3 Å². The fourth-order valence-electron chi connectivity index (χ4n) is 3.84. The van der Waals surface area contributed by atoms with Crippen LogP contribution in [0.1, 0.15) is 21.5 Å². The van der Waals surface area contributed by atoms with Gasteiger partial charge in [-0.3, -0.25) is 9.59 Å². The molecule has 0 unspecified atom stereocenters. The van der Waals surface area contributed by atoms with Crippen LogP contribution in [0.5, 0.6) is 0 Å². The number of carbonyl (C=O) groups excluding carboxylic acids is 1. The highest BCUT2D eigenvalue weighted by atomic mass is 16.1. The summed E-state index contributed by atoms with van der Waals surface area (Å²) in [5.41, 5.74) is 5.66. The fraction of sp³-hybridized carbons (Fsp3) is 0.0435. The van der Waals surface area contributed by atoms with Crippen molar-refractivity contribution in [3.8, 4) is 11.1 Å². The highest BCUT2D eigenvalue weighted by Gasteiger charge is 2.28. The highest BCUT2D eigenvalue weighted by Crippen LogP contribution is 2.42. The van der Waals surface area contributed by atoms with Crippen LogP contribution in [0.25, 0.3) is 22.0 Å². The number of rotatable bonds is 2. The Bertz CT molecular complexity index is 1300. The molecule has 0 radical (unpaired) electrons. The van der Waals surface area contributed by atoms with Gasteiger partial charge in [-0.1, -0.05) is 48.5 Å². The Morgan fingerprint density at radius 2 is 1.56 bits per heavy atom. The van der Waals surface area contributed by atoms with Crippen LogP contribution < -0.4 is 10.9 Å². The summed E-state index contributed by atoms with van der Waals surface area (Å²) in [6.07, 6.45) is 0. The van der Waals surface area contributed by atoms with Crippen molar-refractivity contribution >= 4 is 28.1 Å². The molecule has 1 heterocycles. The highest BCUT2D eigenvalue weighted by molar-refractivity contribution is 6.26. The second-order valence-corrected chi connectivity index (χ2v) is 6.80. The standard InChI is InChI=1S/C23H16N2O2/c1-13-6-4-7-14(12-13)24-21-20-15-8-2-3-9-16(15)22(26)17-10-5-11-18(19(17)20)25-23(21)27/h2-12,24H,1H3,(H,25,27). The number of aryl methyl sites for hydroxylation is 1. The van der Waals surface area contributed by atoms with Crippen LogP contribution >= 0.6 is 0 Å². The summed E-state index contributed by atoms with van der Waals surface area (Å²) in [5.74, 6) is -0.0164. The molecule has 0 spiro atoms. The van der Waals surface area contributed by atoms with Crippen molar-refractivity contribution in [2.45, 2.75) is 6.92 Å². The number of fused-ring (bicyclic) bond motifs is 2. The van der Waals surface area contributed by atoms with Gasteiger partial charge in [0, 0.05) is 33.3 Å². The summed E-state index contributed by atoms with van der Waals surface area (Å²) in [4.78, 5) is 28.8. The lowest BCUT2D eigenvalue weighted by Gasteiger charge is -2.22. The maximum absolute atomic E-state index is 13.0. The Labute approximate surface area is 155 Å². The van der Waals surface area contributed by atoms with Gasteiger partial charge in [-0.2, -0.15) is 0 Å². The largest absolute Gasteiger partial charge is 0.350 e. The van der Waals surface area contributed by atoms with E-state index < -0.39 is 0 Å². The minimum atomic E-state index is -0.208. The van der Waals surface area contributed by atoms with E-state index >= 15 is 0 Å². The van der Waals surface area contributed by atoms with E-state index in [0.717, 1.165) is 27.8 Å². The first-order valence-electron chi connectivity index (χ1n) is 8.80. The van der Waals surface area contributed by atoms with Crippen LogP contribution in [0.15, 0.2) is 71.5 Å². The molecule has 0 saturated heterocycles. The molecular formula is C23H16N2O2. The molecule has 1 aliphatic rings. The van der Waals surface area contributed by atoms with Gasteiger partial charge in [0.05, 0.1) is 0 Å². The molecule has 130 valence electrons. The molecule has 0 aliphatic heterocycles. The van der Waals surface area contributed by atoms with Gasteiger partial charge in [-0.15, -0.1) is 0 Å². The summed E-state index contributed by atoms with van der Waals surface area (Å²) in [6.45, 7) is 2.01. The van der Waals surface area contributed by atoms with Crippen molar-refractivity contribution in [1.29, 1.82) is 0 Å². The van der Waals surface area contributed by atoms with Gasteiger partial charge in [0.15, 0.2) is 5.78 Å². The second-order valence-electron chi connectivity index (χ2n) is 6.80. The Hall–Kier alpha value is -3.66. The van der Waals surface area contributed by atoms with Crippen molar-refractivity contribution < 1.29 is 4.79 Å². The van der Waals surface area contributed by atoms with Crippen LogP contribution in [0.4, 0.5) is 11.4 Å². The van der Waals surface area contributed by atoms with E-state index in [2.05, 4.69) is 10.3 Å². The van der Waals surface area contributed by atoms with E-state index in [1.54, 1.807) is 6.07 Å². The third kappa shape index (κ3) is 2.30. The number of anilines is 2. The first kappa shape index (κ1) is 15.6. The molecule has 0 fully saturated rings. The Kier molecular flexibility index (Phi) is 3.28. The molecule has 0 atom stereocenters. The monoisotopic (exact) mass is 352 g/mol. The zero-order valence-corrected chi connectivity index (χ0v) is 14.7. The number of aromatic amines is 1. The van der Waals surface area contributed by atoms with Crippen molar-refractivity contribution in [2.75, 3.05) is 5.32 Å². The van der Waals surface area contributed by atoms with Crippen LogP contribution in [-0.2, 0) is 0 Å². The van der Waals surface area contributed by atoms with Crippen LogP contribution in [-0.4, -0.2) is 10.8 Å². The Morgan fingerprint density at radius 3 is 2.37 bits per heavy atom. The molecular weight excluding hydrogens is 336 g/mol. The molecule has 4 aromatic rings. The van der Waals surface area contributed by atoms with Gasteiger partial charge in [-0.25, -0.2) is 0 Å². The van der Waals surface area contributed by atoms with Crippen LogP contribution in [0, 0.1) is 6.92 Å². The SMILES string of the molecule is Cc1cccc(Nc2c3c4c(cccc4[nH]c2=O)C(=O)c2ccccc2-3)c1. The molecule has 2 N–H and O–H groups in total. The van der Waals surface area contributed by atoms with Gasteiger partial charge < -0.3 is 10.3 Å². The van der Waals surface area contributed by atoms with Gasteiger partial charge in [0.1, 0.15) is 5.69 Å². The predicted octanol–water partition coefficient (Wildman–Crippen LogP) is 4.79. The van der Waals surface area contributed by atoms with Crippen molar-refractivity contribution in [2.24, 2.45) is 0 Å². The summed E-state index contributed by atoms with van der Waals surface area (Å²) in [6, 6.07) is 20.8. The molecule has 1 aliphatic carbocycles. The van der Waals surface area contributed by atoms with Crippen molar-refractivity contribution in [3.63, 3.8) is 0 Å². The molecule has 27 heavy (non-hydrogen) atoms. The second kappa shape index (κ2) is 5.68. The Morgan fingerprint density at radius 1 is 0.815 bits per heavy atom. The van der Waals surface area contributed by atoms with Crippen LogP contribution in [0.3, 0.4) is 0 Å². The lowest BCUT2D eigenvalue weighted by Crippen LogP contribution is -2.18. The first-order chi connectivity index (χ1) is 13.1. The zero-order valence-electron chi connectivity index (χ0n) is 14.7. The van der Waals surface area contributed by atoms with Crippen molar-refractivity contribution in [1.82, 2.24) is 4.98 Å². The lowest BCUT2D eigenvalue weighted by molar-refractivity contribution is 0.104. The van der Waals surface area contributed by atoms with E-state index in [9.17, 15) is 9.59 Å². The molecule has 0 saturated carbocycles. The summed E-state index contributed by atoms with van der Waals surface area (Å²) in [5, 5.41) is 4.07. The summed E-state index contributed by atoms with van der Waals surface area (Å²) in [7, 11) is 0. The number of hydrogen-bond donors (Lipinski definition) is 2. The van der Waals surface area contributed by atoms with E-state index in [1.807, 2.05) is 67.6 Å². The molecule has 4 heteroatoms. The number of aromatic nitrogens is 1. The summed E-state index contributed by atoms with van der Waals surface area (Å²) >= 11 is 0. The number of nitrogens with one attached hydrogen (secondary N) is 2. The van der Waals surface area contributed by atoms with Gasteiger partial charge in [0.25, 0.3) is 5.56 Å². The van der Waals surface area contributed by atoms with E-state index in [4.69, 9.17) is 0 Å². The molecule has 0 bridgehead atoms. The average molecular weight is 352 g/mol. The topological polar surface area (TPSA) is 62.0 Å². The molecule has 5 rings (SSSR count). The third-order valence-corrected chi connectivity index (χ3v) is 5.01. The average Bonchev–Trinajstić information content (AvgIpc) is 2.67. The normalized spacial score (nSPS) is 12.1. The molecule has 1 aromatic heterocycles. The number of hydrogen-bond acceptors (Lipinski definition) is 3. The van der Waals surface area contributed by atoms with Gasteiger partial charge in [-0.05, 0) is 36.2 Å². The van der Waals surface area contributed by atoms with E-state index in [1.165, 1.54) is 0 Å². The molecule has 4 nitrogen and oxygen atoms in total. The van der Waals surface area contributed by atoms with Crippen molar-refractivity contribution in [3.05, 3.63) is 93.8 Å². The maximum atomic E-state index is 13.0. The van der Waals surface area contributed by atoms with Gasteiger partial charge >= 0.3 is 0 Å². The fourth-order valence-corrected chi connectivity index (χ4v) is 3.84. The quantitative estimate of drug-likeness (QED) is 0.480. The number of benzene rings is 3. The number of carbonyl (C=O) groups is 1. The first-order valence-corrected chi connectivity index (χ1v) is 8.80. The predicted molar refractivity (Wildman–Crippen MR) is 108 cm³/mol. The minimum Gasteiger partial charge on any atom is -0.350 e. The lowest BCUT2D eigenvalue weighted by atomic mass is 9.83. The Balaban J connectivity index is 1.88. The van der Waals surface area contributed by atoms with E-state index in [-0.39, 0.29) is 11.3 Å². The van der Waals surface area contributed by atoms with Crippen LogP contribution in [0.2, 0.25) is 0 Å². The maximum Gasteiger partial charge on any atom is 0.272 e. The number of pyridine rings is 1. The number of ketones is 1. The number of H-pyrrole nitrogens is 1. The molecule has 0 amide bonds. The zero-order chi connectivity index (χ0) is 18.5. The third-order valence-electron chi connectivity index (χ3n) is 5.01. The summed E-state index contributed by atoms with van der Waals surface area (Å²) < 4.78 is 0. The molecule has 3 aromatic carbocycles. The smallest absolute Gasteiger partial charge is 0.272 e. The van der Waals surface area contributed by atoms with Gasteiger partial charge in [0.2, 0.25) is 0 Å².